The van der Waals surface area contributed by atoms with E-state index in [4.69, 9.17) is 0 Å². The van der Waals surface area contributed by atoms with Crippen LogP contribution in [-0.4, -0.2) is 17.0 Å². The molecule has 1 rings (SSSR count). The topological polar surface area (TPSA) is 32.6 Å². The van der Waals surface area contributed by atoms with Crippen molar-refractivity contribution in [2.24, 2.45) is 4.99 Å². The molecular weight excluding hydrogens is 138 g/mol. The van der Waals surface area contributed by atoms with Crippen LogP contribution in [0.15, 0.2) is 28.3 Å². The average molecular weight is 151 g/mol. The molecule has 1 unspecified atom stereocenters. The number of nitrogens with zero attached hydrogens (tertiary/aromatic N) is 1. The molecule has 0 bridgehead atoms. The molecule has 0 saturated heterocycles. The SMILES string of the molecule is CC1=C(C)C=NC(C)(O)C=C1. The maximum atomic E-state index is 9.48. The Hall–Kier alpha value is -0.890. The van der Waals surface area contributed by atoms with Gasteiger partial charge >= 0.3 is 0 Å². The monoisotopic (exact) mass is 151 g/mol. The molecular formula is C9H13NO. The predicted octanol–water partition coefficient (Wildman–Crippen LogP) is 1.67. The number of hydrogen-bond donors (Lipinski definition) is 1. The molecule has 1 N–H and O–H groups in total. The molecule has 0 aromatic heterocycles. The van der Waals surface area contributed by atoms with Crippen molar-refractivity contribution in [3.8, 4) is 0 Å². The van der Waals surface area contributed by atoms with E-state index in [0.29, 0.717) is 0 Å². The first kappa shape index (κ1) is 8.21. The van der Waals surface area contributed by atoms with E-state index in [0.717, 1.165) is 11.1 Å². The smallest absolute Gasteiger partial charge is 0.172 e. The van der Waals surface area contributed by atoms with E-state index in [1.54, 1.807) is 19.2 Å². The minimum absolute atomic E-state index is 1.03. The van der Waals surface area contributed by atoms with Crippen LogP contribution in [0.2, 0.25) is 0 Å². The highest BCUT2D eigenvalue weighted by Crippen LogP contribution is 2.14. The summed E-state index contributed by atoms with van der Waals surface area (Å²) in [6.07, 6.45) is 5.28. The van der Waals surface area contributed by atoms with E-state index in [1.165, 1.54) is 0 Å². The fourth-order valence-electron chi connectivity index (χ4n) is 0.787. The molecule has 0 spiro atoms. The Morgan fingerprint density at radius 2 is 2.00 bits per heavy atom. The van der Waals surface area contributed by atoms with E-state index in [9.17, 15) is 5.11 Å². The number of rotatable bonds is 0. The Labute approximate surface area is 67.0 Å². The van der Waals surface area contributed by atoms with Gasteiger partial charge in [-0.1, -0.05) is 6.08 Å². The van der Waals surface area contributed by atoms with Gasteiger partial charge in [-0.2, -0.15) is 0 Å². The van der Waals surface area contributed by atoms with E-state index in [-0.39, 0.29) is 0 Å². The van der Waals surface area contributed by atoms with Gasteiger partial charge in [-0.3, -0.25) is 4.99 Å². The van der Waals surface area contributed by atoms with Crippen LogP contribution < -0.4 is 0 Å². The molecule has 1 aliphatic heterocycles. The second-order valence-electron chi connectivity index (χ2n) is 3.05. The number of allylic oxidation sites excluding steroid dienone is 3. The minimum Gasteiger partial charge on any atom is -0.366 e. The fourth-order valence-corrected chi connectivity index (χ4v) is 0.787. The van der Waals surface area contributed by atoms with Crippen molar-refractivity contribution in [3.63, 3.8) is 0 Å². The van der Waals surface area contributed by atoms with Crippen LogP contribution in [0.1, 0.15) is 20.8 Å². The molecule has 0 aliphatic carbocycles. The molecule has 1 aliphatic rings. The van der Waals surface area contributed by atoms with Gasteiger partial charge in [0.05, 0.1) is 0 Å². The molecule has 1 atom stereocenters. The predicted molar refractivity (Wildman–Crippen MR) is 46.6 cm³/mol. The van der Waals surface area contributed by atoms with Crippen molar-refractivity contribution in [1.29, 1.82) is 0 Å². The molecule has 0 aromatic rings. The molecule has 0 radical (unpaired) electrons. The zero-order valence-electron chi connectivity index (χ0n) is 7.13. The maximum absolute atomic E-state index is 9.48. The molecule has 1 heterocycles. The van der Waals surface area contributed by atoms with Crippen LogP contribution in [0.4, 0.5) is 0 Å². The van der Waals surface area contributed by atoms with Crippen LogP contribution in [0.3, 0.4) is 0 Å². The lowest BCUT2D eigenvalue weighted by atomic mass is 10.1. The van der Waals surface area contributed by atoms with Crippen molar-refractivity contribution >= 4 is 6.21 Å². The van der Waals surface area contributed by atoms with Crippen LogP contribution >= 0.6 is 0 Å². The van der Waals surface area contributed by atoms with Gasteiger partial charge in [-0.15, -0.1) is 0 Å². The second kappa shape index (κ2) is 2.62. The highest BCUT2D eigenvalue weighted by molar-refractivity contribution is 5.80. The molecule has 2 nitrogen and oxygen atoms in total. The van der Waals surface area contributed by atoms with Gasteiger partial charge in [0, 0.05) is 6.21 Å². The highest BCUT2D eigenvalue weighted by atomic mass is 16.3. The summed E-state index contributed by atoms with van der Waals surface area (Å²) < 4.78 is 0. The van der Waals surface area contributed by atoms with Crippen molar-refractivity contribution in [1.82, 2.24) is 0 Å². The van der Waals surface area contributed by atoms with E-state index in [1.807, 2.05) is 19.9 Å². The fraction of sp³-hybridized carbons (Fsp3) is 0.444. The largest absolute Gasteiger partial charge is 0.366 e. The van der Waals surface area contributed by atoms with Crippen molar-refractivity contribution in [3.05, 3.63) is 23.3 Å². The highest BCUT2D eigenvalue weighted by Gasteiger charge is 2.14. The van der Waals surface area contributed by atoms with E-state index in [2.05, 4.69) is 4.99 Å². The van der Waals surface area contributed by atoms with Crippen molar-refractivity contribution < 1.29 is 5.11 Å². The van der Waals surface area contributed by atoms with Gasteiger partial charge in [0.15, 0.2) is 5.72 Å². The Morgan fingerprint density at radius 1 is 1.36 bits per heavy atom. The van der Waals surface area contributed by atoms with Gasteiger partial charge in [0.25, 0.3) is 0 Å². The summed E-state index contributed by atoms with van der Waals surface area (Å²) in [5.74, 6) is 0. The van der Waals surface area contributed by atoms with Gasteiger partial charge in [-0.05, 0) is 38.0 Å². The van der Waals surface area contributed by atoms with Crippen molar-refractivity contribution in [2.45, 2.75) is 26.5 Å². The van der Waals surface area contributed by atoms with Gasteiger partial charge in [0.2, 0.25) is 0 Å². The third-order valence-electron chi connectivity index (χ3n) is 1.79. The normalized spacial score (nSPS) is 30.9. The summed E-state index contributed by atoms with van der Waals surface area (Å²) in [5.41, 5.74) is 1.21. The lowest BCUT2D eigenvalue weighted by Gasteiger charge is -2.10. The third-order valence-corrected chi connectivity index (χ3v) is 1.79. The first-order valence-corrected chi connectivity index (χ1v) is 3.65. The number of aliphatic hydroxyl groups is 1. The summed E-state index contributed by atoms with van der Waals surface area (Å²) in [7, 11) is 0. The van der Waals surface area contributed by atoms with E-state index < -0.39 is 5.72 Å². The third kappa shape index (κ3) is 2.02. The lowest BCUT2D eigenvalue weighted by molar-refractivity contribution is 0.123. The zero-order chi connectivity index (χ0) is 8.48. The van der Waals surface area contributed by atoms with Gasteiger partial charge < -0.3 is 5.11 Å². The maximum Gasteiger partial charge on any atom is 0.172 e. The first-order valence-electron chi connectivity index (χ1n) is 3.65. The molecule has 0 amide bonds. The Balaban J connectivity index is 3.01. The van der Waals surface area contributed by atoms with Crippen LogP contribution in [0, 0.1) is 0 Å². The molecule has 60 valence electrons. The average Bonchev–Trinajstić information content (AvgIpc) is 2.03. The van der Waals surface area contributed by atoms with Gasteiger partial charge in [0.1, 0.15) is 0 Å². The minimum atomic E-state index is -1.03. The number of hydrogen-bond acceptors (Lipinski definition) is 2. The number of aliphatic imine (C=N–C) groups is 1. The molecule has 0 aromatic carbocycles. The van der Waals surface area contributed by atoms with Crippen LogP contribution in [-0.2, 0) is 0 Å². The Bertz CT molecular complexity index is 222. The summed E-state index contributed by atoms with van der Waals surface area (Å²) >= 11 is 0. The quantitative estimate of drug-likeness (QED) is 0.561. The molecule has 0 fully saturated rings. The Morgan fingerprint density at radius 3 is 2.64 bits per heavy atom. The Kier molecular flexibility index (Phi) is 1.96. The van der Waals surface area contributed by atoms with E-state index >= 15 is 0 Å². The standard InChI is InChI=1S/C9H13NO/c1-7-4-5-9(3,11)10-6-8(7)2/h4-6,11H,1-3H3. The van der Waals surface area contributed by atoms with Gasteiger partial charge in [-0.25, -0.2) is 0 Å². The molecule has 0 saturated carbocycles. The summed E-state index contributed by atoms with van der Waals surface area (Å²) in [6.45, 7) is 5.63. The molecule has 2 heteroatoms. The summed E-state index contributed by atoms with van der Waals surface area (Å²) in [5, 5.41) is 9.48. The summed E-state index contributed by atoms with van der Waals surface area (Å²) in [4.78, 5) is 3.97. The zero-order valence-corrected chi connectivity index (χ0v) is 7.13. The van der Waals surface area contributed by atoms with Crippen molar-refractivity contribution in [2.75, 3.05) is 0 Å². The lowest BCUT2D eigenvalue weighted by Crippen LogP contribution is -2.16. The molecule has 11 heavy (non-hydrogen) atoms. The first-order chi connectivity index (χ1) is 5.01. The van der Waals surface area contributed by atoms with Crippen LogP contribution in [0.5, 0.6) is 0 Å². The van der Waals surface area contributed by atoms with Crippen LogP contribution in [0.25, 0.3) is 0 Å². The summed E-state index contributed by atoms with van der Waals surface area (Å²) in [6, 6.07) is 0. The second-order valence-corrected chi connectivity index (χ2v) is 3.05.